The smallest absolute Gasteiger partial charge is 0.741 e. The van der Waals surface area contributed by atoms with Gasteiger partial charge in [0.1, 0.15) is 11.4 Å². The van der Waals surface area contributed by atoms with E-state index in [1.54, 1.807) is 14.1 Å². The van der Waals surface area contributed by atoms with Crippen molar-refractivity contribution >= 4 is 57.8 Å². The monoisotopic (exact) mass is 530 g/mol. The molecule has 2 bridgehead atoms. The van der Waals surface area contributed by atoms with Gasteiger partial charge in [0, 0.05) is 69.9 Å². The van der Waals surface area contributed by atoms with E-state index in [1.807, 2.05) is 24.3 Å². The van der Waals surface area contributed by atoms with Crippen molar-refractivity contribution in [2.75, 3.05) is 53.4 Å². The Morgan fingerprint density at radius 3 is 1.45 bits per heavy atom. The molecule has 0 spiro atoms. The zero-order chi connectivity index (χ0) is 22.5. The van der Waals surface area contributed by atoms with Crippen molar-refractivity contribution in [1.82, 2.24) is 20.7 Å². The van der Waals surface area contributed by atoms with Crippen LogP contribution in [0.1, 0.15) is 11.1 Å². The van der Waals surface area contributed by atoms with Gasteiger partial charge < -0.3 is 25.3 Å². The van der Waals surface area contributed by atoms with E-state index in [9.17, 15) is 0 Å². The van der Waals surface area contributed by atoms with Crippen LogP contribution < -0.4 is 10.9 Å². The van der Waals surface area contributed by atoms with Crippen LogP contribution in [0.25, 0.3) is 10.8 Å². The van der Waals surface area contributed by atoms with E-state index in [2.05, 4.69) is 53.0 Å². The molecule has 0 unspecified atom stereocenters. The van der Waals surface area contributed by atoms with Crippen molar-refractivity contribution in [1.29, 1.82) is 0 Å². The minimum Gasteiger partial charge on any atom is -0.741 e. The minimum absolute atomic E-state index is 0. The van der Waals surface area contributed by atoms with E-state index < -0.39 is 0 Å². The Kier molecular flexibility index (Phi) is 9.22. The molecule has 2 aromatic rings. The summed E-state index contributed by atoms with van der Waals surface area (Å²) in [6, 6.07) is 12.1. The molecule has 0 atom stereocenters. The second-order valence-corrected chi connectivity index (χ2v) is 8.37. The summed E-state index contributed by atoms with van der Waals surface area (Å²) in [7, 11) is 3.22. The van der Waals surface area contributed by atoms with Crippen LogP contribution in [0.2, 0.25) is 0 Å². The van der Waals surface area contributed by atoms with Crippen molar-refractivity contribution < 1.29 is 19.5 Å². The van der Waals surface area contributed by atoms with Gasteiger partial charge in [-0.2, -0.15) is 10.2 Å². The Labute approximate surface area is 218 Å². The molecule has 168 valence electrons. The summed E-state index contributed by atoms with van der Waals surface area (Å²) >= 11 is 10.1. The zero-order valence-corrected chi connectivity index (χ0v) is 23.5. The largest absolute Gasteiger partial charge is 2.00 e. The first-order valence-corrected chi connectivity index (χ1v) is 11.3. The Morgan fingerprint density at radius 2 is 1.12 bits per heavy atom. The first kappa shape index (κ1) is 25.6. The van der Waals surface area contributed by atoms with Crippen LogP contribution >= 0.6 is 0 Å². The summed E-state index contributed by atoms with van der Waals surface area (Å²) in [6.45, 7) is 7.92. The fourth-order valence-corrected chi connectivity index (χ4v) is 4.14. The van der Waals surface area contributed by atoms with Gasteiger partial charge in [-0.05, 0) is 15.7 Å². The van der Waals surface area contributed by atoms with Crippen molar-refractivity contribution in [3.63, 3.8) is 0 Å². The summed E-state index contributed by atoms with van der Waals surface area (Å²) in [5, 5.41) is 11.6. The molecular formula is C22H26N8S2Zn. The van der Waals surface area contributed by atoms with Crippen molar-refractivity contribution in [3.05, 3.63) is 47.5 Å². The summed E-state index contributed by atoms with van der Waals surface area (Å²) in [4.78, 5) is 12.8. The van der Waals surface area contributed by atoms with E-state index in [1.165, 1.54) is 39.3 Å². The second kappa shape index (κ2) is 11.9. The van der Waals surface area contributed by atoms with Crippen LogP contribution in [0, 0.1) is 0 Å². The third-order valence-electron chi connectivity index (χ3n) is 5.77. The van der Waals surface area contributed by atoms with Gasteiger partial charge in [-0.1, -0.05) is 36.4 Å². The number of benzene rings is 2. The number of rotatable bonds is 2. The molecule has 11 heteroatoms. The maximum absolute atomic E-state index is 5.04. The molecular weight excluding hydrogens is 506 g/mol. The maximum atomic E-state index is 5.04. The van der Waals surface area contributed by atoms with E-state index >= 15 is 0 Å². The van der Waals surface area contributed by atoms with Gasteiger partial charge in [-0.15, -0.1) is 0 Å². The molecule has 3 fully saturated rings. The molecule has 3 aliphatic heterocycles. The molecule has 2 aromatic carbocycles. The van der Waals surface area contributed by atoms with E-state index in [0.717, 1.165) is 21.9 Å². The molecule has 0 radical (unpaired) electrons. The molecule has 0 saturated carbocycles. The van der Waals surface area contributed by atoms with Gasteiger partial charge in [-0.3, -0.25) is 30.6 Å². The quantitative estimate of drug-likeness (QED) is 0.199. The third-order valence-corrected chi connectivity index (χ3v) is 6.32. The van der Waals surface area contributed by atoms with Crippen molar-refractivity contribution in [3.8, 4) is 0 Å². The summed E-state index contributed by atoms with van der Waals surface area (Å²) < 4.78 is 0. The summed E-state index contributed by atoms with van der Waals surface area (Å²) in [5.41, 5.74) is 8.86. The summed E-state index contributed by atoms with van der Waals surface area (Å²) in [5.74, 6) is 0. The van der Waals surface area contributed by atoms with Gasteiger partial charge in [-0.25, -0.2) is 0 Å². The zero-order valence-electron chi connectivity index (χ0n) is 18.9. The Bertz CT molecular complexity index is 1010. The van der Waals surface area contributed by atoms with Gasteiger partial charge >= 0.3 is 19.5 Å². The SMILES string of the molecule is C1CN2CCN1CC2.CN=C([S-])N/N=C1\C(=N\NC([S-])=NC)c2cccc3cccc1c23.[Zn+2]. The van der Waals surface area contributed by atoms with Gasteiger partial charge in [0.15, 0.2) is 0 Å². The van der Waals surface area contributed by atoms with Crippen LogP contribution in [0.15, 0.2) is 56.6 Å². The van der Waals surface area contributed by atoms with Gasteiger partial charge in [0.2, 0.25) is 0 Å². The number of nitrogens with zero attached hydrogens (tertiary/aromatic N) is 6. The average molecular weight is 532 g/mol. The van der Waals surface area contributed by atoms with Crippen LogP contribution in [0.3, 0.4) is 0 Å². The fraction of sp³-hybridized carbons (Fsp3) is 0.364. The predicted octanol–water partition coefficient (Wildman–Crippen LogP) is 1.12. The molecule has 2 N–H and O–H groups in total. The number of fused-ring (bicyclic) bond motifs is 3. The summed E-state index contributed by atoms with van der Waals surface area (Å²) in [6.07, 6.45) is 0. The van der Waals surface area contributed by atoms with E-state index in [0.29, 0.717) is 21.8 Å². The topological polar surface area (TPSA) is 80.0 Å². The molecule has 4 aliphatic rings. The molecule has 33 heavy (non-hydrogen) atoms. The number of hydrazone groups is 2. The second-order valence-electron chi connectivity index (χ2n) is 7.59. The first-order valence-electron chi connectivity index (χ1n) is 10.5. The molecule has 0 aromatic heterocycles. The molecule has 6 rings (SSSR count). The number of aliphatic imine (C=N–C) groups is 2. The normalized spacial score (nSPS) is 23.8. The number of piperazine rings is 3. The molecule has 3 heterocycles. The van der Waals surface area contributed by atoms with E-state index in [4.69, 9.17) is 25.3 Å². The van der Waals surface area contributed by atoms with Gasteiger partial charge in [0.05, 0.1) is 0 Å². The number of amidine groups is 2. The van der Waals surface area contributed by atoms with Gasteiger partial charge in [0.25, 0.3) is 0 Å². The average Bonchev–Trinajstić information content (AvgIpc) is 3.17. The third kappa shape index (κ3) is 5.91. The van der Waals surface area contributed by atoms with Crippen LogP contribution in [0.5, 0.6) is 0 Å². The van der Waals surface area contributed by atoms with Crippen LogP contribution in [0.4, 0.5) is 0 Å². The number of nitrogens with one attached hydrogen (secondary N) is 2. The molecule has 1 aliphatic carbocycles. The Hall–Kier alpha value is -2.04. The number of hydrogen-bond donors (Lipinski definition) is 2. The predicted molar refractivity (Wildman–Crippen MR) is 138 cm³/mol. The fourth-order valence-electron chi connectivity index (χ4n) is 4.04. The minimum atomic E-state index is 0. The van der Waals surface area contributed by atoms with Crippen LogP contribution in [-0.4, -0.2) is 84.9 Å². The molecule has 8 nitrogen and oxygen atoms in total. The van der Waals surface area contributed by atoms with Crippen LogP contribution in [-0.2, 0) is 44.7 Å². The van der Waals surface area contributed by atoms with E-state index in [-0.39, 0.29) is 19.5 Å². The Balaban J connectivity index is 0.000000284. The Morgan fingerprint density at radius 1 is 0.727 bits per heavy atom. The number of hydrogen-bond acceptors (Lipinski definition) is 8. The van der Waals surface area contributed by atoms with Crippen molar-refractivity contribution in [2.24, 2.45) is 20.2 Å². The molecule has 3 saturated heterocycles. The standard InChI is InChI=1S/C16H16N6S2.C6H12N2.Zn/c1-17-15(23)21-19-13-10-7-3-5-9-6-4-8-11(12(9)10)14(13)20-22-16(24)18-2;1-2-8-5-3-7(1)4-6-8;/h3-8H,1-2H3,(H2,17,21,23)(H2,18,22,24);1-6H2;/q;;+2/p-2/b19-13-,20-14+;;. The molecule has 0 amide bonds. The van der Waals surface area contributed by atoms with Crippen molar-refractivity contribution in [2.45, 2.75) is 0 Å². The first-order chi connectivity index (χ1) is 15.6. The maximum Gasteiger partial charge on any atom is 2.00 e.